The maximum Gasteiger partial charge on any atom is 0.405 e. The van der Waals surface area contributed by atoms with Crippen LogP contribution in [0.15, 0.2) is 73.1 Å². The zero-order valence-electron chi connectivity index (χ0n) is 17.0. The summed E-state index contributed by atoms with van der Waals surface area (Å²) in [7, 11) is 1.62. The first-order chi connectivity index (χ1) is 15.3. The van der Waals surface area contributed by atoms with Crippen LogP contribution in [0.5, 0.6) is 5.75 Å². The van der Waals surface area contributed by atoms with Gasteiger partial charge in [0.25, 0.3) is 0 Å². The summed E-state index contributed by atoms with van der Waals surface area (Å²) < 4.78 is 44.0. The number of anilines is 1. The molecule has 32 heavy (non-hydrogen) atoms. The van der Waals surface area contributed by atoms with Crippen molar-refractivity contribution in [2.45, 2.75) is 6.18 Å². The van der Waals surface area contributed by atoms with Crippen LogP contribution in [0.3, 0.4) is 0 Å². The molecule has 0 atom stereocenters. The molecule has 2 heterocycles. The second-order valence-electron chi connectivity index (χ2n) is 7.02. The number of nitrogens with one attached hydrogen (secondary N) is 2. The summed E-state index contributed by atoms with van der Waals surface area (Å²) in [4.78, 5) is 16.2. The van der Waals surface area contributed by atoms with Crippen molar-refractivity contribution in [3.05, 3.63) is 73.1 Å². The van der Waals surface area contributed by atoms with Crippen LogP contribution in [0, 0.1) is 0 Å². The number of urea groups is 1. The molecule has 9 heteroatoms. The fraction of sp³-hybridized carbons (Fsp3) is 0.130. The molecular weight excluding hydrogens is 421 g/mol. The Morgan fingerprint density at radius 2 is 1.78 bits per heavy atom. The van der Waals surface area contributed by atoms with Crippen LogP contribution in [-0.4, -0.2) is 35.2 Å². The van der Waals surface area contributed by atoms with E-state index in [1.54, 1.807) is 36.8 Å². The van der Waals surface area contributed by atoms with Crippen molar-refractivity contribution in [3.8, 4) is 28.1 Å². The fourth-order valence-corrected chi connectivity index (χ4v) is 3.29. The predicted octanol–water partition coefficient (Wildman–Crippen LogP) is 5.36. The van der Waals surface area contributed by atoms with Gasteiger partial charge in [-0.3, -0.25) is 4.40 Å². The van der Waals surface area contributed by atoms with Crippen LogP contribution in [0.2, 0.25) is 0 Å². The van der Waals surface area contributed by atoms with Gasteiger partial charge in [-0.1, -0.05) is 24.3 Å². The smallest absolute Gasteiger partial charge is 0.405 e. The number of ether oxygens (including phenoxy) is 1. The third-order valence-electron chi connectivity index (χ3n) is 4.78. The Kier molecular flexibility index (Phi) is 5.72. The fourth-order valence-electron chi connectivity index (χ4n) is 3.29. The Morgan fingerprint density at radius 1 is 1.03 bits per heavy atom. The van der Waals surface area contributed by atoms with Gasteiger partial charge in [0.2, 0.25) is 0 Å². The number of methoxy groups -OCH3 is 1. The average molecular weight is 440 g/mol. The van der Waals surface area contributed by atoms with E-state index in [0.29, 0.717) is 5.69 Å². The second kappa shape index (κ2) is 8.62. The first-order valence-electron chi connectivity index (χ1n) is 9.66. The number of hydrogen-bond donors (Lipinski definition) is 2. The van der Waals surface area contributed by atoms with Gasteiger partial charge < -0.3 is 15.4 Å². The van der Waals surface area contributed by atoms with Crippen LogP contribution in [-0.2, 0) is 0 Å². The lowest BCUT2D eigenvalue weighted by Crippen LogP contribution is -2.36. The molecule has 6 nitrogen and oxygen atoms in total. The van der Waals surface area contributed by atoms with Crippen molar-refractivity contribution in [1.29, 1.82) is 0 Å². The molecule has 0 saturated carbocycles. The van der Waals surface area contributed by atoms with E-state index in [2.05, 4.69) is 10.3 Å². The summed E-state index contributed by atoms with van der Waals surface area (Å²) in [5, 5.41) is 4.20. The number of hydrogen-bond acceptors (Lipinski definition) is 3. The number of aromatic nitrogens is 2. The number of imidazole rings is 1. The third-order valence-corrected chi connectivity index (χ3v) is 4.78. The highest BCUT2D eigenvalue weighted by Gasteiger charge is 2.27. The molecule has 2 aromatic heterocycles. The number of carbonyl (C=O) groups excluding carboxylic acids is 1. The quantitative estimate of drug-likeness (QED) is 0.439. The monoisotopic (exact) mass is 440 g/mol. The lowest BCUT2D eigenvalue weighted by molar-refractivity contribution is -0.122. The van der Waals surface area contributed by atoms with E-state index in [4.69, 9.17) is 4.74 Å². The molecule has 2 N–H and O–H groups in total. The number of halogens is 3. The van der Waals surface area contributed by atoms with Crippen LogP contribution < -0.4 is 15.4 Å². The lowest BCUT2D eigenvalue weighted by atomic mass is 10.1. The SMILES string of the molecule is COc1cccc(-c2ccn3c(-c4cccc(NC(=O)NCC(F)(F)F)c4)cnc3c2)c1. The summed E-state index contributed by atoms with van der Waals surface area (Å²) in [5.74, 6) is 0.759. The van der Waals surface area contributed by atoms with E-state index < -0.39 is 18.8 Å². The van der Waals surface area contributed by atoms with E-state index in [0.717, 1.165) is 33.8 Å². The minimum Gasteiger partial charge on any atom is -0.497 e. The van der Waals surface area contributed by atoms with Gasteiger partial charge in [-0.05, 0) is 47.5 Å². The molecular formula is C23H19F3N4O2. The lowest BCUT2D eigenvalue weighted by Gasteiger charge is -2.11. The standard InChI is InChI=1S/C23H19F3N4O2/c1-32-19-7-3-4-15(11-19)16-8-9-30-20(13-27-21(30)12-16)17-5-2-6-18(10-17)29-22(31)28-14-23(24,25)26/h2-13H,14H2,1H3,(H2,28,29,31). The van der Waals surface area contributed by atoms with Crippen LogP contribution in [0.4, 0.5) is 23.7 Å². The number of benzene rings is 2. The normalized spacial score (nSPS) is 11.4. The van der Waals surface area contributed by atoms with Crippen molar-refractivity contribution in [3.63, 3.8) is 0 Å². The minimum absolute atomic E-state index is 0.366. The Morgan fingerprint density at radius 3 is 2.56 bits per heavy atom. The number of fused-ring (bicyclic) bond motifs is 1. The molecule has 2 aromatic carbocycles. The number of alkyl halides is 3. The van der Waals surface area contributed by atoms with Gasteiger partial charge in [-0.25, -0.2) is 9.78 Å². The first kappa shape index (κ1) is 21.2. The third kappa shape index (κ3) is 4.83. The Labute approximate surface area is 181 Å². The van der Waals surface area contributed by atoms with E-state index in [9.17, 15) is 18.0 Å². The summed E-state index contributed by atoms with van der Waals surface area (Å²) in [6.07, 6.45) is -0.879. The summed E-state index contributed by atoms with van der Waals surface area (Å²) >= 11 is 0. The second-order valence-corrected chi connectivity index (χ2v) is 7.02. The Bertz CT molecular complexity index is 1270. The Hall–Kier alpha value is -4.01. The molecule has 0 saturated heterocycles. The van der Waals surface area contributed by atoms with E-state index in [1.807, 2.05) is 53.1 Å². The van der Waals surface area contributed by atoms with Crippen LogP contribution >= 0.6 is 0 Å². The van der Waals surface area contributed by atoms with Crippen LogP contribution in [0.1, 0.15) is 0 Å². The van der Waals surface area contributed by atoms with Gasteiger partial charge >= 0.3 is 12.2 Å². The molecule has 4 aromatic rings. The van der Waals surface area contributed by atoms with Gasteiger partial charge in [0, 0.05) is 17.4 Å². The summed E-state index contributed by atoms with van der Waals surface area (Å²) in [6, 6.07) is 17.5. The molecule has 0 fully saturated rings. The van der Waals surface area contributed by atoms with E-state index in [1.165, 1.54) is 0 Å². The zero-order chi connectivity index (χ0) is 22.7. The van der Waals surface area contributed by atoms with Crippen molar-refractivity contribution < 1.29 is 22.7 Å². The number of rotatable bonds is 5. The maximum atomic E-state index is 12.3. The summed E-state index contributed by atoms with van der Waals surface area (Å²) in [6.45, 7) is -1.40. The van der Waals surface area contributed by atoms with Gasteiger partial charge in [-0.2, -0.15) is 13.2 Å². The van der Waals surface area contributed by atoms with E-state index in [-0.39, 0.29) is 0 Å². The highest BCUT2D eigenvalue weighted by atomic mass is 19.4. The topological polar surface area (TPSA) is 67.7 Å². The number of carbonyl (C=O) groups is 1. The van der Waals surface area contributed by atoms with Crippen molar-refractivity contribution in [2.75, 3.05) is 19.0 Å². The molecule has 0 bridgehead atoms. The molecule has 0 unspecified atom stereocenters. The number of pyridine rings is 1. The summed E-state index contributed by atoms with van der Waals surface area (Å²) in [5.41, 5.74) is 4.58. The average Bonchev–Trinajstić information content (AvgIpc) is 3.21. The predicted molar refractivity (Wildman–Crippen MR) is 116 cm³/mol. The van der Waals surface area contributed by atoms with Gasteiger partial charge in [-0.15, -0.1) is 0 Å². The maximum absolute atomic E-state index is 12.3. The zero-order valence-corrected chi connectivity index (χ0v) is 17.0. The molecule has 0 aliphatic heterocycles. The van der Waals surface area contributed by atoms with Gasteiger partial charge in [0.1, 0.15) is 17.9 Å². The number of amides is 2. The minimum atomic E-state index is -4.47. The molecule has 164 valence electrons. The highest BCUT2D eigenvalue weighted by molar-refractivity contribution is 5.90. The molecule has 4 rings (SSSR count). The molecule has 0 aliphatic rings. The number of nitrogens with zero attached hydrogens (tertiary/aromatic N) is 2. The van der Waals surface area contributed by atoms with Crippen molar-refractivity contribution >= 4 is 17.4 Å². The van der Waals surface area contributed by atoms with Crippen LogP contribution in [0.25, 0.3) is 28.0 Å². The molecule has 2 amide bonds. The van der Waals surface area contributed by atoms with Gasteiger partial charge in [0.15, 0.2) is 0 Å². The molecule has 0 aliphatic carbocycles. The van der Waals surface area contributed by atoms with Gasteiger partial charge in [0.05, 0.1) is 19.0 Å². The van der Waals surface area contributed by atoms with Crippen molar-refractivity contribution in [2.24, 2.45) is 0 Å². The van der Waals surface area contributed by atoms with E-state index >= 15 is 0 Å². The highest BCUT2D eigenvalue weighted by Crippen LogP contribution is 2.28. The van der Waals surface area contributed by atoms with Crippen molar-refractivity contribution in [1.82, 2.24) is 14.7 Å². The largest absolute Gasteiger partial charge is 0.497 e. The Balaban J connectivity index is 1.57. The molecule has 0 radical (unpaired) electrons. The molecule has 0 spiro atoms. The first-order valence-corrected chi connectivity index (χ1v) is 9.66.